The fourth-order valence-electron chi connectivity index (χ4n) is 4.39. The Morgan fingerprint density at radius 3 is 2.24 bits per heavy atom. The van der Waals surface area contributed by atoms with Crippen molar-refractivity contribution < 1.29 is 14.3 Å². The molecule has 6 nitrogen and oxygen atoms in total. The zero-order valence-electron chi connectivity index (χ0n) is 19.5. The predicted octanol–water partition coefficient (Wildman–Crippen LogP) is 3.90. The predicted molar refractivity (Wildman–Crippen MR) is 129 cm³/mol. The SMILES string of the molecule is COc1ccc(CN2CCN(C)C(=O)C(Cc3ccc(-c4ccncc4)cc3)C2)cc1OC. The molecule has 0 spiro atoms. The average molecular weight is 446 g/mol. The number of ether oxygens (including phenoxy) is 2. The molecule has 0 N–H and O–H groups in total. The molecular weight excluding hydrogens is 414 g/mol. The van der Waals surface area contributed by atoms with Crippen LogP contribution in [0.3, 0.4) is 0 Å². The Kier molecular flexibility index (Phi) is 7.25. The summed E-state index contributed by atoms with van der Waals surface area (Å²) in [4.78, 5) is 21.4. The van der Waals surface area contributed by atoms with Gasteiger partial charge >= 0.3 is 0 Å². The second-order valence-corrected chi connectivity index (χ2v) is 8.52. The molecule has 1 aliphatic rings. The first kappa shape index (κ1) is 22.8. The molecule has 33 heavy (non-hydrogen) atoms. The van der Waals surface area contributed by atoms with Crippen LogP contribution in [0.4, 0.5) is 0 Å². The molecule has 1 fully saturated rings. The number of carbonyl (C=O) groups is 1. The topological polar surface area (TPSA) is 54.9 Å². The lowest BCUT2D eigenvalue weighted by Crippen LogP contribution is -2.34. The molecule has 6 heteroatoms. The van der Waals surface area contributed by atoms with Gasteiger partial charge in [0, 0.05) is 45.6 Å². The van der Waals surface area contributed by atoms with E-state index >= 15 is 0 Å². The van der Waals surface area contributed by atoms with Gasteiger partial charge in [-0.25, -0.2) is 0 Å². The highest BCUT2D eigenvalue weighted by Crippen LogP contribution is 2.28. The summed E-state index contributed by atoms with van der Waals surface area (Å²) in [7, 11) is 5.20. The Balaban J connectivity index is 1.47. The van der Waals surface area contributed by atoms with E-state index in [0.29, 0.717) is 0 Å². The van der Waals surface area contributed by atoms with Gasteiger partial charge in [-0.3, -0.25) is 14.7 Å². The lowest BCUT2D eigenvalue weighted by atomic mass is 9.96. The maximum absolute atomic E-state index is 13.1. The van der Waals surface area contributed by atoms with Crippen LogP contribution in [0.2, 0.25) is 0 Å². The van der Waals surface area contributed by atoms with Gasteiger partial charge < -0.3 is 14.4 Å². The molecule has 3 aromatic rings. The monoisotopic (exact) mass is 445 g/mol. The number of hydrogen-bond acceptors (Lipinski definition) is 5. The molecule has 1 unspecified atom stereocenters. The zero-order valence-corrected chi connectivity index (χ0v) is 19.5. The molecule has 1 aliphatic heterocycles. The number of hydrogen-bond donors (Lipinski definition) is 0. The second kappa shape index (κ2) is 10.5. The number of benzene rings is 2. The molecule has 1 amide bonds. The fourth-order valence-corrected chi connectivity index (χ4v) is 4.39. The highest BCUT2D eigenvalue weighted by Gasteiger charge is 2.28. The van der Waals surface area contributed by atoms with Crippen molar-refractivity contribution in [3.05, 3.63) is 78.1 Å². The van der Waals surface area contributed by atoms with Gasteiger partial charge in [0.1, 0.15) is 0 Å². The molecule has 1 atom stereocenters. The smallest absolute Gasteiger partial charge is 0.227 e. The van der Waals surface area contributed by atoms with Crippen molar-refractivity contribution >= 4 is 5.91 Å². The molecule has 0 radical (unpaired) electrons. The molecular formula is C27H31N3O3. The zero-order chi connectivity index (χ0) is 23.2. The number of amides is 1. The van der Waals surface area contributed by atoms with Crippen LogP contribution in [0.1, 0.15) is 11.1 Å². The first-order chi connectivity index (χ1) is 16.1. The van der Waals surface area contributed by atoms with Crippen molar-refractivity contribution in [2.24, 2.45) is 5.92 Å². The summed E-state index contributed by atoms with van der Waals surface area (Å²) in [6, 6.07) is 18.5. The highest BCUT2D eigenvalue weighted by atomic mass is 16.5. The summed E-state index contributed by atoms with van der Waals surface area (Å²) in [5.41, 5.74) is 4.61. The average Bonchev–Trinajstić information content (AvgIpc) is 2.98. The maximum Gasteiger partial charge on any atom is 0.227 e. The van der Waals surface area contributed by atoms with Crippen LogP contribution in [0.25, 0.3) is 11.1 Å². The van der Waals surface area contributed by atoms with Crippen LogP contribution in [0, 0.1) is 5.92 Å². The molecule has 0 bridgehead atoms. The van der Waals surface area contributed by atoms with E-state index in [0.717, 1.165) is 60.8 Å². The number of aromatic nitrogens is 1. The Morgan fingerprint density at radius 1 is 0.879 bits per heavy atom. The van der Waals surface area contributed by atoms with E-state index in [1.54, 1.807) is 26.6 Å². The minimum Gasteiger partial charge on any atom is -0.493 e. The Labute approximate surface area is 195 Å². The standard InChI is InChI=1S/C27H31N3O3/c1-29-14-15-30(18-21-6-9-25(32-2)26(17-21)33-3)19-24(27(29)31)16-20-4-7-22(8-5-20)23-10-12-28-13-11-23/h4-13,17,24H,14-16,18-19H2,1-3H3. The number of pyridine rings is 1. The van der Waals surface area contributed by atoms with Crippen molar-refractivity contribution in [1.82, 2.24) is 14.8 Å². The molecule has 1 aromatic heterocycles. The van der Waals surface area contributed by atoms with E-state index < -0.39 is 0 Å². The van der Waals surface area contributed by atoms with Crippen LogP contribution in [-0.2, 0) is 17.8 Å². The largest absolute Gasteiger partial charge is 0.493 e. The van der Waals surface area contributed by atoms with Crippen molar-refractivity contribution in [1.29, 1.82) is 0 Å². The van der Waals surface area contributed by atoms with Crippen LogP contribution in [-0.4, -0.2) is 61.6 Å². The maximum atomic E-state index is 13.1. The van der Waals surface area contributed by atoms with E-state index in [2.05, 4.69) is 40.2 Å². The Hall–Kier alpha value is -3.38. The van der Waals surface area contributed by atoms with Gasteiger partial charge in [0.25, 0.3) is 0 Å². The normalized spacial score (nSPS) is 17.0. The molecule has 2 heterocycles. The van der Waals surface area contributed by atoms with Crippen molar-refractivity contribution in [2.75, 3.05) is 40.9 Å². The number of methoxy groups -OCH3 is 2. The molecule has 0 aliphatic carbocycles. The summed E-state index contributed by atoms with van der Waals surface area (Å²) in [5.74, 6) is 1.58. The van der Waals surface area contributed by atoms with Crippen molar-refractivity contribution in [2.45, 2.75) is 13.0 Å². The van der Waals surface area contributed by atoms with Crippen LogP contribution in [0.5, 0.6) is 11.5 Å². The molecule has 0 saturated carbocycles. The Bertz CT molecular complexity index is 1070. The summed E-state index contributed by atoms with van der Waals surface area (Å²) < 4.78 is 10.8. The van der Waals surface area contributed by atoms with Gasteiger partial charge in [-0.05, 0) is 52.9 Å². The highest BCUT2D eigenvalue weighted by molar-refractivity contribution is 5.79. The third-order valence-corrected chi connectivity index (χ3v) is 6.26. The molecule has 2 aromatic carbocycles. The van der Waals surface area contributed by atoms with Crippen molar-refractivity contribution in [3.63, 3.8) is 0 Å². The minimum atomic E-state index is -0.0792. The summed E-state index contributed by atoms with van der Waals surface area (Å²) in [6.07, 6.45) is 4.33. The fraction of sp³-hybridized carbons (Fsp3) is 0.333. The first-order valence-electron chi connectivity index (χ1n) is 11.2. The molecule has 172 valence electrons. The van der Waals surface area contributed by atoms with Gasteiger partial charge in [-0.2, -0.15) is 0 Å². The van der Waals surface area contributed by atoms with E-state index in [-0.39, 0.29) is 11.8 Å². The summed E-state index contributed by atoms with van der Waals surface area (Å²) in [5, 5.41) is 0. The number of rotatable bonds is 7. The van der Waals surface area contributed by atoms with E-state index in [1.807, 2.05) is 36.2 Å². The van der Waals surface area contributed by atoms with Gasteiger partial charge in [-0.1, -0.05) is 30.3 Å². The van der Waals surface area contributed by atoms with Gasteiger partial charge in [-0.15, -0.1) is 0 Å². The van der Waals surface area contributed by atoms with Crippen LogP contribution in [0.15, 0.2) is 67.0 Å². The third kappa shape index (κ3) is 5.52. The molecule has 1 saturated heterocycles. The summed E-state index contributed by atoms with van der Waals surface area (Å²) >= 11 is 0. The van der Waals surface area contributed by atoms with E-state index in [9.17, 15) is 4.79 Å². The third-order valence-electron chi connectivity index (χ3n) is 6.26. The van der Waals surface area contributed by atoms with Crippen LogP contribution >= 0.6 is 0 Å². The molecule has 4 rings (SSSR count). The number of likely N-dealkylation sites (N-methyl/N-ethyl adjacent to an activating group) is 1. The quantitative estimate of drug-likeness (QED) is 0.552. The van der Waals surface area contributed by atoms with E-state index in [4.69, 9.17) is 9.47 Å². The van der Waals surface area contributed by atoms with Crippen LogP contribution < -0.4 is 9.47 Å². The second-order valence-electron chi connectivity index (χ2n) is 8.52. The van der Waals surface area contributed by atoms with Gasteiger partial charge in [0.05, 0.1) is 20.1 Å². The first-order valence-corrected chi connectivity index (χ1v) is 11.2. The van der Waals surface area contributed by atoms with E-state index in [1.165, 1.54) is 5.56 Å². The van der Waals surface area contributed by atoms with Gasteiger partial charge in [0.15, 0.2) is 11.5 Å². The number of nitrogens with zero attached hydrogens (tertiary/aromatic N) is 3. The minimum absolute atomic E-state index is 0.0792. The lowest BCUT2D eigenvalue weighted by Gasteiger charge is -2.23. The summed E-state index contributed by atoms with van der Waals surface area (Å²) in [6.45, 7) is 3.06. The number of carbonyl (C=O) groups excluding carboxylic acids is 1. The Morgan fingerprint density at radius 2 is 1.55 bits per heavy atom. The van der Waals surface area contributed by atoms with Crippen molar-refractivity contribution in [3.8, 4) is 22.6 Å². The van der Waals surface area contributed by atoms with Gasteiger partial charge in [0.2, 0.25) is 5.91 Å². The lowest BCUT2D eigenvalue weighted by molar-refractivity contribution is -0.133.